The predicted molar refractivity (Wildman–Crippen MR) is 85.0 cm³/mol. The van der Waals surface area contributed by atoms with Crippen molar-refractivity contribution in [2.45, 2.75) is 51.7 Å². The van der Waals surface area contributed by atoms with Crippen molar-refractivity contribution >= 4 is 17.2 Å². The van der Waals surface area contributed by atoms with Crippen LogP contribution >= 0.6 is 11.3 Å². The second-order valence-electron chi connectivity index (χ2n) is 7.16. The van der Waals surface area contributed by atoms with E-state index in [0.29, 0.717) is 0 Å². The lowest BCUT2D eigenvalue weighted by atomic mass is 9.88. The molecule has 1 aromatic rings. The number of thiophene rings is 1. The molecule has 2 aliphatic carbocycles. The van der Waals surface area contributed by atoms with E-state index in [1.165, 1.54) is 35.4 Å². The third-order valence-corrected chi connectivity index (χ3v) is 6.77. The molecule has 0 aromatic carbocycles. The van der Waals surface area contributed by atoms with E-state index in [1.54, 1.807) is 0 Å². The molecule has 1 amide bonds. The molecule has 3 nitrogen and oxygen atoms in total. The first-order chi connectivity index (χ1) is 10.1. The minimum absolute atomic E-state index is 0.0454. The maximum Gasteiger partial charge on any atom is 0.241 e. The van der Waals surface area contributed by atoms with E-state index in [-0.39, 0.29) is 18.1 Å². The summed E-state index contributed by atoms with van der Waals surface area (Å²) in [4.78, 5) is 17.3. The number of nitrogens with zero attached hydrogens (tertiary/aromatic N) is 1. The number of fused-ring (bicyclic) bond motifs is 2. The molecule has 0 radical (unpaired) electrons. The molecule has 5 unspecified atom stereocenters. The summed E-state index contributed by atoms with van der Waals surface area (Å²) in [5.74, 6) is 2.85. The Morgan fingerprint density at radius 1 is 1.33 bits per heavy atom. The highest BCUT2D eigenvalue weighted by Gasteiger charge is 2.44. The van der Waals surface area contributed by atoms with E-state index in [1.807, 2.05) is 18.3 Å². The van der Waals surface area contributed by atoms with Crippen LogP contribution in [0.1, 0.15) is 48.5 Å². The Bertz CT molecular complexity index is 555. The van der Waals surface area contributed by atoms with Gasteiger partial charge in [0.05, 0.1) is 6.04 Å². The van der Waals surface area contributed by atoms with Crippen LogP contribution in [0.4, 0.5) is 0 Å². The molecular weight excluding hydrogens is 280 g/mol. The SMILES string of the molecule is Cc1ccc(C2NC(C)C(=O)N2CC2CC3CCC2C3)s1. The highest BCUT2D eigenvalue weighted by Crippen LogP contribution is 2.49. The number of hydrogen-bond acceptors (Lipinski definition) is 3. The maximum absolute atomic E-state index is 12.6. The van der Waals surface area contributed by atoms with Gasteiger partial charge in [0, 0.05) is 16.3 Å². The zero-order valence-electron chi connectivity index (χ0n) is 12.8. The Labute approximate surface area is 130 Å². The van der Waals surface area contributed by atoms with E-state index in [0.717, 1.165) is 24.3 Å². The van der Waals surface area contributed by atoms with Crippen molar-refractivity contribution in [2.75, 3.05) is 6.54 Å². The van der Waals surface area contributed by atoms with Crippen molar-refractivity contribution in [1.82, 2.24) is 10.2 Å². The fourth-order valence-corrected chi connectivity index (χ4v) is 5.61. The van der Waals surface area contributed by atoms with Crippen LogP contribution in [0.2, 0.25) is 0 Å². The van der Waals surface area contributed by atoms with Crippen LogP contribution in [-0.2, 0) is 4.79 Å². The van der Waals surface area contributed by atoms with E-state index >= 15 is 0 Å². The van der Waals surface area contributed by atoms with E-state index in [9.17, 15) is 4.79 Å². The summed E-state index contributed by atoms with van der Waals surface area (Å²) < 4.78 is 0. The monoisotopic (exact) mass is 304 g/mol. The van der Waals surface area contributed by atoms with Gasteiger partial charge in [-0.25, -0.2) is 0 Å². The van der Waals surface area contributed by atoms with Crippen LogP contribution in [0.25, 0.3) is 0 Å². The number of aryl methyl sites for hydroxylation is 1. The summed E-state index contributed by atoms with van der Waals surface area (Å²) in [6.45, 7) is 5.09. The normalized spacial score (nSPS) is 38.7. The average Bonchev–Trinajstić information content (AvgIpc) is 3.20. The number of carbonyl (C=O) groups is 1. The molecule has 4 heteroatoms. The molecule has 2 heterocycles. The van der Waals surface area contributed by atoms with Gasteiger partial charge in [-0.15, -0.1) is 11.3 Å². The summed E-state index contributed by atoms with van der Waals surface area (Å²) in [7, 11) is 0. The van der Waals surface area contributed by atoms with Gasteiger partial charge in [-0.05, 0) is 63.0 Å². The van der Waals surface area contributed by atoms with E-state index in [2.05, 4.69) is 29.3 Å². The fraction of sp³-hybridized carbons (Fsp3) is 0.706. The number of amides is 1. The first-order valence-corrected chi connectivity index (χ1v) is 9.06. The molecule has 1 aliphatic heterocycles. The summed E-state index contributed by atoms with van der Waals surface area (Å²) >= 11 is 1.81. The van der Waals surface area contributed by atoms with Crippen LogP contribution < -0.4 is 5.32 Å². The van der Waals surface area contributed by atoms with Crippen LogP contribution in [0, 0.1) is 24.7 Å². The van der Waals surface area contributed by atoms with Gasteiger partial charge in [0.2, 0.25) is 5.91 Å². The van der Waals surface area contributed by atoms with Crippen molar-refractivity contribution in [3.8, 4) is 0 Å². The summed E-state index contributed by atoms with van der Waals surface area (Å²) in [6.07, 6.45) is 5.68. The summed E-state index contributed by atoms with van der Waals surface area (Å²) in [5, 5.41) is 3.49. The second-order valence-corrected chi connectivity index (χ2v) is 8.48. The molecule has 2 bridgehead atoms. The van der Waals surface area contributed by atoms with E-state index in [4.69, 9.17) is 0 Å². The average molecular weight is 304 g/mol. The molecule has 3 aliphatic rings. The second kappa shape index (κ2) is 5.10. The van der Waals surface area contributed by atoms with Crippen molar-refractivity contribution in [3.05, 3.63) is 21.9 Å². The Balaban J connectivity index is 1.54. The van der Waals surface area contributed by atoms with Crippen LogP contribution in [0.3, 0.4) is 0 Å². The highest BCUT2D eigenvalue weighted by atomic mass is 32.1. The largest absolute Gasteiger partial charge is 0.320 e. The van der Waals surface area contributed by atoms with E-state index < -0.39 is 0 Å². The fourth-order valence-electron chi connectivity index (χ4n) is 4.66. The van der Waals surface area contributed by atoms with Crippen LogP contribution in [0.15, 0.2) is 12.1 Å². The first-order valence-electron chi connectivity index (χ1n) is 8.24. The van der Waals surface area contributed by atoms with Gasteiger partial charge in [0.15, 0.2) is 0 Å². The molecule has 21 heavy (non-hydrogen) atoms. The van der Waals surface area contributed by atoms with Gasteiger partial charge >= 0.3 is 0 Å². The zero-order chi connectivity index (χ0) is 14.6. The smallest absolute Gasteiger partial charge is 0.241 e. The van der Waals surface area contributed by atoms with Crippen molar-refractivity contribution < 1.29 is 4.79 Å². The molecule has 5 atom stereocenters. The Morgan fingerprint density at radius 2 is 2.19 bits per heavy atom. The van der Waals surface area contributed by atoms with Crippen molar-refractivity contribution in [3.63, 3.8) is 0 Å². The third kappa shape index (κ3) is 2.33. The quantitative estimate of drug-likeness (QED) is 0.929. The molecule has 114 valence electrons. The molecule has 3 fully saturated rings. The van der Waals surface area contributed by atoms with Gasteiger partial charge in [0.25, 0.3) is 0 Å². The molecule has 0 spiro atoms. The van der Waals surface area contributed by atoms with Gasteiger partial charge < -0.3 is 4.90 Å². The molecule has 1 saturated heterocycles. The Morgan fingerprint density at radius 3 is 2.81 bits per heavy atom. The maximum atomic E-state index is 12.6. The van der Waals surface area contributed by atoms with Crippen molar-refractivity contribution in [2.24, 2.45) is 17.8 Å². The van der Waals surface area contributed by atoms with Gasteiger partial charge in [0.1, 0.15) is 6.17 Å². The lowest BCUT2D eigenvalue weighted by Crippen LogP contribution is -2.36. The molecular formula is C17H24N2OS. The highest BCUT2D eigenvalue weighted by molar-refractivity contribution is 7.12. The van der Waals surface area contributed by atoms with Gasteiger partial charge in [-0.2, -0.15) is 0 Å². The zero-order valence-corrected chi connectivity index (χ0v) is 13.7. The molecule has 1 aromatic heterocycles. The summed E-state index contributed by atoms with van der Waals surface area (Å²) in [6, 6.07) is 4.29. The topological polar surface area (TPSA) is 32.3 Å². The number of rotatable bonds is 3. The van der Waals surface area contributed by atoms with Crippen LogP contribution in [-0.4, -0.2) is 23.4 Å². The standard InChI is InChI=1S/C17H24N2OS/c1-10-3-6-15(21-10)16-18-11(2)17(20)19(16)9-14-8-12-4-5-13(14)7-12/h3,6,11-14,16,18H,4-5,7-9H2,1-2H3. The Hall–Kier alpha value is -0.870. The first kappa shape index (κ1) is 13.8. The van der Waals surface area contributed by atoms with Gasteiger partial charge in [-0.3, -0.25) is 10.1 Å². The molecule has 1 N–H and O–H groups in total. The predicted octanol–water partition coefficient (Wildman–Crippen LogP) is 3.31. The number of nitrogens with one attached hydrogen (secondary N) is 1. The Kier molecular flexibility index (Phi) is 3.34. The van der Waals surface area contributed by atoms with Crippen molar-refractivity contribution in [1.29, 1.82) is 0 Å². The minimum atomic E-state index is -0.0454. The lowest BCUT2D eigenvalue weighted by Gasteiger charge is -2.30. The number of hydrogen-bond donors (Lipinski definition) is 1. The lowest BCUT2D eigenvalue weighted by molar-refractivity contribution is -0.130. The minimum Gasteiger partial charge on any atom is -0.320 e. The molecule has 4 rings (SSSR count). The van der Waals surface area contributed by atoms with Gasteiger partial charge in [-0.1, -0.05) is 6.42 Å². The molecule has 2 saturated carbocycles. The van der Waals surface area contributed by atoms with Crippen LogP contribution in [0.5, 0.6) is 0 Å². The number of carbonyl (C=O) groups excluding carboxylic acids is 1. The summed E-state index contributed by atoms with van der Waals surface area (Å²) in [5.41, 5.74) is 0. The third-order valence-electron chi connectivity index (χ3n) is 5.72.